The maximum absolute atomic E-state index is 6.22. The van der Waals surface area contributed by atoms with Crippen molar-refractivity contribution in [3.63, 3.8) is 0 Å². The van der Waals surface area contributed by atoms with Crippen LogP contribution >= 0.6 is 0 Å². The smallest absolute Gasteiger partial charge is 0.135 e. The molecule has 0 fully saturated rings. The molecule has 14 aromatic rings. The van der Waals surface area contributed by atoms with Gasteiger partial charge >= 0.3 is 0 Å². The Bertz CT molecular complexity index is 4250. The van der Waals surface area contributed by atoms with Gasteiger partial charge in [0.25, 0.3) is 0 Å². The summed E-state index contributed by atoms with van der Waals surface area (Å²) in [5.41, 5.74) is 22.6. The Hall–Kier alpha value is -10.9. The first-order chi connectivity index (χ1) is 40.6. The van der Waals surface area contributed by atoms with Gasteiger partial charge in [-0.05, 0) is 165 Å². The molecule has 0 saturated heterocycles. The van der Waals surface area contributed by atoms with Crippen molar-refractivity contribution in [2.24, 2.45) is 0 Å². The van der Waals surface area contributed by atoms with E-state index in [1.54, 1.807) is 0 Å². The van der Waals surface area contributed by atoms with Crippen LogP contribution in [0.3, 0.4) is 0 Å². The fraction of sp³-hybridized carbons (Fsp3) is 0. The SMILES string of the molecule is c1ccc(-c2ccc(-c3ccc(N(c4ccccc4)c4cc(N(c5ccccc5)c5ccc(-c6ccc(-c7ccccc7)cc6)cc5)cc(N(c5ccccc5)c5ccc(-c6ccc7oc8ccccc8c7c6)cc5)c4)cc3)cc2)cc1. The molecule has 0 bridgehead atoms. The van der Waals surface area contributed by atoms with Gasteiger partial charge in [0.2, 0.25) is 0 Å². The van der Waals surface area contributed by atoms with E-state index in [9.17, 15) is 0 Å². The van der Waals surface area contributed by atoms with E-state index in [1.165, 1.54) is 22.3 Å². The van der Waals surface area contributed by atoms with Crippen molar-refractivity contribution in [3.05, 3.63) is 334 Å². The molecule has 0 amide bonds. The summed E-state index contributed by atoms with van der Waals surface area (Å²) in [6, 6.07) is 120. The van der Waals surface area contributed by atoms with Crippen LogP contribution in [-0.4, -0.2) is 0 Å². The summed E-state index contributed by atoms with van der Waals surface area (Å²) in [5, 5.41) is 2.23. The van der Waals surface area contributed by atoms with Crippen LogP contribution in [0.4, 0.5) is 51.2 Å². The predicted molar refractivity (Wildman–Crippen MR) is 345 cm³/mol. The van der Waals surface area contributed by atoms with Gasteiger partial charge in [-0.25, -0.2) is 0 Å². The highest BCUT2D eigenvalue weighted by Crippen LogP contribution is 2.47. The summed E-state index contributed by atoms with van der Waals surface area (Å²) in [6.07, 6.45) is 0. The molecule has 1 heterocycles. The molecule has 14 rings (SSSR count). The summed E-state index contributed by atoms with van der Waals surface area (Å²) in [7, 11) is 0. The molecule has 0 aliphatic rings. The molecule has 13 aromatic carbocycles. The molecule has 0 aliphatic heterocycles. The molecule has 1 aromatic heterocycles. The number of hydrogen-bond donors (Lipinski definition) is 0. The van der Waals surface area contributed by atoms with Crippen LogP contribution in [0.25, 0.3) is 77.6 Å². The molecule has 0 atom stereocenters. The molecule has 0 unspecified atom stereocenters. The summed E-state index contributed by atoms with van der Waals surface area (Å²) in [4.78, 5) is 7.13. The lowest BCUT2D eigenvalue weighted by Crippen LogP contribution is -2.16. The topological polar surface area (TPSA) is 22.9 Å². The average Bonchev–Trinajstić information content (AvgIpc) is 4.12. The van der Waals surface area contributed by atoms with Gasteiger partial charge in [-0.2, -0.15) is 0 Å². The lowest BCUT2D eigenvalue weighted by atomic mass is 10.00. The van der Waals surface area contributed by atoms with Crippen LogP contribution in [0, 0.1) is 0 Å². The van der Waals surface area contributed by atoms with E-state index in [-0.39, 0.29) is 0 Å². The highest BCUT2D eigenvalue weighted by molar-refractivity contribution is 6.06. The number of hydrogen-bond acceptors (Lipinski definition) is 4. The Morgan fingerprint density at radius 3 is 0.756 bits per heavy atom. The van der Waals surface area contributed by atoms with Crippen LogP contribution in [0.2, 0.25) is 0 Å². The standard InChI is InChI=1S/C78H55N3O/c1-6-18-56(19-7-1)58-30-34-60(35-31-58)62-38-45-69(46-39-62)79(66-22-10-3-11-23-66)72-53-73(80(67-24-12-4-13-25-67)70-47-40-63(41-48-70)61-36-32-59(33-37-61)57-20-8-2-9-21-57)55-74(54-72)81(68-26-14-5-15-27-68)71-49-42-64(43-50-71)65-44-51-78-76(52-65)75-28-16-17-29-77(75)82-78/h1-55H. The number of nitrogens with zero attached hydrogens (tertiary/aromatic N) is 3. The molecular formula is C78H55N3O. The van der Waals surface area contributed by atoms with E-state index in [2.05, 4.69) is 336 Å². The third kappa shape index (κ3) is 9.98. The third-order valence-corrected chi connectivity index (χ3v) is 15.4. The molecule has 0 spiro atoms. The Morgan fingerprint density at radius 2 is 0.402 bits per heavy atom. The zero-order chi connectivity index (χ0) is 54.6. The minimum absolute atomic E-state index is 0.885. The number of para-hydroxylation sites is 4. The fourth-order valence-electron chi connectivity index (χ4n) is 11.3. The van der Waals surface area contributed by atoms with E-state index in [4.69, 9.17) is 4.42 Å². The van der Waals surface area contributed by atoms with Crippen molar-refractivity contribution in [1.82, 2.24) is 0 Å². The zero-order valence-corrected chi connectivity index (χ0v) is 45.0. The molecule has 0 saturated carbocycles. The van der Waals surface area contributed by atoms with Crippen LogP contribution < -0.4 is 14.7 Å². The minimum Gasteiger partial charge on any atom is -0.456 e. The highest BCUT2D eigenvalue weighted by atomic mass is 16.3. The number of rotatable bonds is 14. The number of anilines is 9. The normalized spacial score (nSPS) is 11.2. The number of furan rings is 1. The largest absolute Gasteiger partial charge is 0.456 e. The van der Waals surface area contributed by atoms with Gasteiger partial charge in [0.1, 0.15) is 11.2 Å². The maximum atomic E-state index is 6.22. The molecule has 4 heteroatoms. The van der Waals surface area contributed by atoms with Gasteiger partial charge in [0.15, 0.2) is 0 Å². The molecule has 388 valence electrons. The van der Waals surface area contributed by atoms with Crippen molar-refractivity contribution >= 4 is 73.1 Å². The highest BCUT2D eigenvalue weighted by Gasteiger charge is 2.23. The summed E-state index contributed by atoms with van der Waals surface area (Å²) >= 11 is 0. The molecule has 82 heavy (non-hydrogen) atoms. The number of fused-ring (bicyclic) bond motifs is 3. The average molecular weight is 1050 g/mol. The first-order valence-corrected chi connectivity index (χ1v) is 27.9. The molecule has 4 nitrogen and oxygen atoms in total. The lowest BCUT2D eigenvalue weighted by Gasteiger charge is -2.33. The van der Waals surface area contributed by atoms with Gasteiger partial charge in [-0.15, -0.1) is 0 Å². The first kappa shape index (κ1) is 49.4. The fourth-order valence-corrected chi connectivity index (χ4v) is 11.3. The summed E-state index contributed by atoms with van der Waals surface area (Å²) in [5.74, 6) is 0. The second-order valence-electron chi connectivity index (χ2n) is 20.6. The van der Waals surface area contributed by atoms with Gasteiger partial charge in [-0.3, -0.25) is 0 Å². The van der Waals surface area contributed by atoms with Crippen molar-refractivity contribution in [2.45, 2.75) is 0 Å². The zero-order valence-electron chi connectivity index (χ0n) is 45.0. The van der Waals surface area contributed by atoms with E-state index in [1.807, 2.05) is 12.1 Å². The second kappa shape index (κ2) is 22.1. The van der Waals surface area contributed by atoms with Crippen LogP contribution in [-0.2, 0) is 0 Å². The predicted octanol–water partition coefficient (Wildman–Crippen LogP) is 22.3. The molecular weight excluding hydrogens is 995 g/mol. The van der Waals surface area contributed by atoms with E-state index < -0.39 is 0 Å². The second-order valence-corrected chi connectivity index (χ2v) is 20.6. The third-order valence-electron chi connectivity index (χ3n) is 15.4. The number of benzene rings is 13. The van der Waals surface area contributed by atoms with Gasteiger partial charge in [0, 0.05) is 44.9 Å². The monoisotopic (exact) mass is 1050 g/mol. The summed E-state index contributed by atoms with van der Waals surface area (Å²) in [6.45, 7) is 0. The van der Waals surface area contributed by atoms with Gasteiger partial charge in [-0.1, -0.05) is 224 Å². The van der Waals surface area contributed by atoms with Gasteiger partial charge < -0.3 is 19.1 Å². The summed E-state index contributed by atoms with van der Waals surface area (Å²) < 4.78 is 6.22. The molecule has 0 radical (unpaired) electrons. The maximum Gasteiger partial charge on any atom is 0.135 e. The van der Waals surface area contributed by atoms with Crippen LogP contribution in [0.5, 0.6) is 0 Å². The lowest BCUT2D eigenvalue weighted by molar-refractivity contribution is 0.669. The first-order valence-electron chi connectivity index (χ1n) is 27.9. The molecule has 0 aliphatic carbocycles. The van der Waals surface area contributed by atoms with Crippen LogP contribution in [0.15, 0.2) is 338 Å². The van der Waals surface area contributed by atoms with Crippen molar-refractivity contribution in [2.75, 3.05) is 14.7 Å². The molecule has 0 N–H and O–H groups in total. The van der Waals surface area contributed by atoms with Crippen molar-refractivity contribution in [1.29, 1.82) is 0 Å². The Labute approximate surface area is 478 Å². The Balaban J connectivity index is 0.911. The Kier molecular flexibility index (Phi) is 13.3. The van der Waals surface area contributed by atoms with Crippen LogP contribution in [0.1, 0.15) is 0 Å². The van der Waals surface area contributed by atoms with E-state index >= 15 is 0 Å². The minimum atomic E-state index is 0.885. The quantitative estimate of drug-likeness (QED) is 0.108. The van der Waals surface area contributed by atoms with E-state index in [0.29, 0.717) is 0 Å². The van der Waals surface area contributed by atoms with Crippen molar-refractivity contribution in [3.8, 4) is 55.6 Å². The van der Waals surface area contributed by atoms with E-state index in [0.717, 1.165) is 107 Å². The van der Waals surface area contributed by atoms with Crippen molar-refractivity contribution < 1.29 is 4.42 Å². The van der Waals surface area contributed by atoms with Gasteiger partial charge in [0.05, 0.1) is 17.1 Å². The Morgan fingerprint density at radius 1 is 0.159 bits per heavy atom.